The maximum atomic E-state index is 13.7. The largest absolute Gasteiger partial charge is 0.364 e. The number of aliphatic imine (C=N–C) groups is 1. The fraction of sp³-hybridized carbons (Fsp3) is 0.286. The fourth-order valence-electron chi connectivity index (χ4n) is 1.89. The molecule has 1 aromatic heterocycles. The summed E-state index contributed by atoms with van der Waals surface area (Å²) < 4.78 is 18.5. The van der Waals surface area contributed by atoms with Crippen LogP contribution in [-0.2, 0) is 13.1 Å². The van der Waals surface area contributed by atoms with Crippen LogP contribution < -0.4 is 5.32 Å². The second-order valence-corrected chi connectivity index (χ2v) is 4.86. The Hall–Kier alpha value is -2.08. The first-order chi connectivity index (χ1) is 10.1. The normalized spacial score (nSPS) is 11.5. The van der Waals surface area contributed by atoms with Crippen molar-refractivity contribution in [2.24, 2.45) is 4.99 Å². The minimum absolute atomic E-state index is 0.251. The molecular formula is C14H16ClFN4O. The van der Waals surface area contributed by atoms with Gasteiger partial charge in [-0.3, -0.25) is 4.99 Å². The van der Waals surface area contributed by atoms with Crippen LogP contribution in [0, 0.1) is 5.82 Å². The lowest BCUT2D eigenvalue weighted by molar-refractivity contribution is 0.391. The van der Waals surface area contributed by atoms with Gasteiger partial charge in [0, 0.05) is 37.3 Å². The van der Waals surface area contributed by atoms with E-state index in [0.717, 1.165) is 5.69 Å². The molecule has 21 heavy (non-hydrogen) atoms. The van der Waals surface area contributed by atoms with E-state index in [9.17, 15) is 4.39 Å². The van der Waals surface area contributed by atoms with Crippen molar-refractivity contribution in [3.05, 3.63) is 52.6 Å². The van der Waals surface area contributed by atoms with Crippen LogP contribution in [0.4, 0.5) is 4.39 Å². The van der Waals surface area contributed by atoms with Crippen molar-refractivity contribution in [1.29, 1.82) is 0 Å². The molecule has 5 nitrogen and oxygen atoms in total. The highest BCUT2D eigenvalue weighted by atomic mass is 35.5. The van der Waals surface area contributed by atoms with Crippen molar-refractivity contribution in [2.75, 3.05) is 14.1 Å². The van der Waals surface area contributed by atoms with Crippen molar-refractivity contribution in [2.45, 2.75) is 13.1 Å². The molecular weight excluding hydrogens is 295 g/mol. The summed E-state index contributed by atoms with van der Waals surface area (Å²) in [5, 5.41) is 7.30. The first-order valence-electron chi connectivity index (χ1n) is 6.35. The second-order valence-electron chi connectivity index (χ2n) is 4.45. The highest BCUT2D eigenvalue weighted by Crippen LogP contribution is 2.18. The molecule has 0 radical (unpaired) electrons. The Labute approximate surface area is 127 Å². The van der Waals surface area contributed by atoms with E-state index >= 15 is 0 Å². The number of hydrogen-bond donors (Lipinski definition) is 1. The fourth-order valence-corrected chi connectivity index (χ4v) is 2.12. The first-order valence-corrected chi connectivity index (χ1v) is 6.73. The minimum atomic E-state index is -0.343. The third-order valence-electron chi connectivity index (χ3n) is 2.95. The lowest BCUT2D eigenvalue weighted by Gasteiger charge is -2.21. The summed E-state index contributed by atoms with van der Waals surface area (Å²) in [5.74, 6) is 0.266. The summed E-state index contributed by atoms with van der Waals surface area (Å²) in [6.45, 7) is 0.780. The van der Waals surface area contributed by atoms with Crippen LogP contribution in [-0.4, -0.2) is 30.1 Å². The topological polar surface area (TPSA) is 53.7 Å². The molecule has 0 atom stereocenters. The molecule has 0 bridgehead atoms. The van der Waals surface area contributed by atoms with Crippen molar-refractivity contribution < 1.29 is 8.91 Å². The Morgan fingerprint density at radius 1 is 1.48 bits per heavy atom. The summed E-state index contributed by atoms with van der Waals surface area (Å²) in [6.07, 6.45) is 1.51. The summed E-state index contributed by atoms with van der Waals surface area (Å²) in [4.78, 5) is 6.00. The van der Waals surface area contributed by atoms with Crippen LogP contribution in [0.25, 0.3) is 0 Å². The lowest BCUT2D eigenvalue weighted by atomic mass is 10.2. The first kappa shape index (κ1) is 15.3. The number of aromatic nitrogens is 1. The zero-order valence-corrected chi connectivity index (χ0v) is 12.6. The number of benzene rings is 1. The average Bonchev–Trinajstić information content (AvgIpc) is 2.95. The predicted octanol–water partition coefficient (Wildman–Crippen LogP) is 2.67. The van der Waals surface area contributed by atoms with Gasteiger partial charge in [-0.25, -0.2) is 4.39 Å². The van der Waals surface area contributed by atoms with E-state index in [-0.39, 0.29) is 12.4 Å². The Bertz CT molecular complexity index is 595. The monoisotopic (exact) mass is 310 g/mol. The Morgan fingerprint density at radius 3 is 2.90 bits per heavy atom. The third kappa shape index (κ3) is 3.95. The molecule has 112 valence electrons. The molecule has 0 unspecified atom stereocenters. The zero-order chi connectivity index (χ0) is 15.2. The van der Waals surface area contributed by atoms with Crippen LogP contribution >= 0.6 is 11.6 Å². The number of nitrogens with zero attached hydrogens (tertiary/aromatic N) is 3. The summed E-state index contributed by atoms with van der Waals surface area (Å²) in [5.41, 5.74) is 1.19. The number of hydrogen-bond acceptors (Lipinski definition) is 3. The molecule has 0 amide bonds. The summed E-state index contributed by atoms with van der Waals surface area (Å²) in [6, 6.07) is 6.39. The van der Waals surface area contributed by atoms with Gasteiger partial charge in [0.05, 0.1) is 6.54 Å². The highest BCUT2D eigenvalue weighted by molar-refractivity contribution is 6.31. The smallest absolute Gasteiger partial charge is 0.194 e. The molecule has 1 heterocycles. The number of halogens is 2. The van der Waals surface area contributed by atoms with E-state index in [1.807, 2.05) is 11.9 Å². The summed E-state index contributed by atoms with van der Waals surface area (Å²) in [7, 11) is 3.51. The van der Waals surface area contributed by atoms with Crippen molar-refractivity contribution in [1.82, 2.24) is 15.4 Å². The Balaban J connectivity index is 2.00. The quantitative estimate of drug-likeness (QED) is 0.697. The van der Waals surface area contributed by atoms with Gasteiger partial charge in [-0.1, -0.05) is 22.8 Å². The SMILES string of the molecule is CN=C(NCc1c(F)cccc1Cl)N(C)Cc1ccon1. The van der Waals surface area contributed by atoms with Gasteiger partial charge in [0.1, 0.15) is 17.8 Å². The van der Waals surface area contributed by atoms with Crippen LogP contribution in [0.2, 0.25) is 5.02 Å². The van der Waals surface area contributed by atoms with Crippen LogP contribution in [0.5, 0.6) is 0 Å². The van der Waals surface area contributed by atoms with Crippen molar-refractivity contribution in [3.63, 3.8) is 0 Å². The molecule has 7 heteroatoms. The Morgan fingerprint density at radius 2 is 2.29 bits per heavy atom. The molecule has 0 saturated carbocycles. The molecule has 0 aliphatic rings. The van der Waals surface area contributed by atoms with E-state index in [1.165, 1.54) is 12.3 Å². The molecule has 0 spiro atoms. The lowest BCUT2D eigenvalue weighted by Crippen LogP contribution is -2.38. The molecule has 1 aromatic carbocycles. The van der Waals surface area contributed by atoms with E-state index in [2.05, 4.69) is 15.5 Å². The predicted molar refractivity (Wildman–Crippen MR) is 79.6 cm³/mol. The third-order valence-corrected chi connectivity index (χ3v) is 3.30. The van der Waals surface area contributed by atoms with Gasteiger partial charge < -0.3 is 14.7 Å². The van der Waals surface area contributed by atoms with Gasteiger partial charge in [-0.15, -0.1) is 0 Å². The van der Waals surface area contributed by atoms with Gasteiger partial charge in [-0.2, -0.15) is 0 Å². The summed E-state index contributed by atoms with van der Waals surface area (Å²) >= 11 is 5.99. The number of rotatable bonds is 4. The van der Waals surface area contributed by atoms with Gasteiger partial charge in [-0.05, 0) is 12.1 Å². The van der Waals surface area contributed by atoms with E-state index in [0.29, 0.717) is 23.1 Å². The zero-order valence-electron chi connectivity index (χ0n) is 11.8. The minimum Gasteiger partial charge on any atom is -0.364 e. The molecule has 2 rings (SSSR count). The number of guanidine groups is 1. The van der Waals surface area contributed by atoms with Crippen LogP contribution in [0.3, 0.4) is 0 Å². The average molecular weight is 311 g/mol. The standard InChI is InChI=1S/C14H16ClFN4O/c1-17-14(20(2)9-10-6-7-21-19-10)18-8-11-12(15)4-3-5-13(11)16/h3-7H,8-9H2,1-2H3,(H,17,18). The van der Waals surface area contributed by atoms with Crippen molar-refractivity contribution >= 4 is 17.6 Å². The van der Waals surface area contributed by atoms with Crippen molar-refractivity contribution in [3.8, 4) is 0 Å². The Kier molecular flexibility index (Phi) is 5.16. The molecule has 1 N–H and O–H groups in total. The van der Waals surface area contributed by atoms with E-state index < -0.39 is 0 Å². The van der Waals surface area contributed by atoms with Gasteiger partial charge in [0.15, 0.2) is 5.96 Å². The second kappa shape index (κ2) is 7.08. The molecule has 0 saturated heterocycles. The van der Waals surface area contributed by atoms with Gasteiger partial charge in [0.25, 0.3) is 0 Å². The molecule has 0 aliphatic heterocycles. The van der Waals surface area contributed by atoms with Crippen LogP contribution in [0.15, 0.2) is 40.0 Å². The van der Waals surface area contributed by atoms with E-state index in [4.69, 9.17) is 16.1 Å². The maximum absolute atomic E-state index is 13.7. The highest BCUT2D eigenvalue weighted by Gasteiger charge is 2.11. The van der Waals surface area contributed by atoms with Gasteiger partial charge >= 0.3 is 0 Å². The van der Waals surface area contributed by atoms with Crippen LogP contribution in [0.1, 0.15) is 11.3 Å². The molecule has 0 aliphatic carbocycles. The molecule has 0 fully saturated rings. The van der Waals surface area contributed by atoms with E-state index in [1.54, 1.807) is 25.2 Å². The number of nitrogens with one attached hydrogen (secondary N) is 1. The maximum Gasteiger partial charge on any atom is 0.194 e. The molecule has 2 aromatic rings. The van der Waals surface area contributed by atoms with Gasteiger partial charge in [0.2, 0.25) is 0 Å².